The number of rotatable bonds is 6. The SMILES string of the molecule is CCCCn1c(=O)c2sccc2n2c(SCc3ccccc3)nnc12. The van der Waals surface area contributed by atoms with Crippen molar-refractivity contribution in [2.45, 2.75) is 37.2 Å². The average molecular weight is 371 g/mol. The summed E-state index contributed by atoms with van der Waals surface area (Å²) in [4.78, 5) is 12.8. The number of thiophene rings is 1. The van der Waals surface area contributed by atoms with Crippen LogP contribution in [-0.2, 0) is 12.3 Å². The number of hydrogen-bond acceptors (Lipinski definition) is 5. The second-order valence-corrected chi connectivity index (χ2v) is 7.70. The lowest BCUT2D eigenvalue weighted by Gasteiger charge is -2.08. The van der Waals surface area contributed by atoms with E-state index in [1.165, 1.54) is 16.9 Å². The van der Waals surface area contributed by atoms with Crippen molar-refractivity contribution < 1.29 is 0 Å². The van der Waals surface area contributed by atoms with Gasteiger partial charge in [-0.1, -0.05) is 55.4 Å². The third kappa shape index (κ3) is 2.98. The summed E-state index contributed by atoms with van der Waals surface area (Å²) in [6, 6.07) is 12.3. The van der Waals surface area contributed by atoms with E-state index in [-0.39, 0.29) is 5.56 Å². The molecule has 3 aromatic heterocycles. The maximum absolute atomic E-state index is 12.8. The van der Waals surface area contributed by atoms with Crippen LogP contribution >= 0.6 is 23.1 Å². The zero-order valence-corrected chi connectivity index (χ0v) is 15.5. The van der Waals surface area contributed by atoms with Gasteiger partial charge in [-0.15, -0.1) is 21.5 Å². The fourth-order valence-electron chi connectivity index (χ4n) is 2.83. The molecule has 0 aliphatic rings. The number of unbranched alkanes of at least 4 members (excludes halogenated alkanes) is 1. The van der Waals surface area contributed by atoms with Crippen molar-refractivity contribution in [2.24, 2.45) is 0 Å². The minimum absolute atomic E-state index is 0.0398. The van der Waals surface area contributed by atoms with E-state index in [0.29, 0.717) is 12.3 Å². The highest BCUT2D eigenvalue weighted by atomic mass is 32.2. The van der Waals surface area contributed by atoms with E-state index in [0.717, 1.165) is 34.0 Å². The summed E-state index contributed by atoms with van der Waals surface area (Å²) in [7, 11) is 0. The van der Waals surface area contributed by atoms with Crippen LogP contribution in [0.1, 0.15) is 25.3 Å². The standard InChI is InChI=1S/C18H18N4OS2/c1-2-3-10-21-16(23)15-14(9-11-24-15)22-17(21)19-20-18(22)25-12-13-7-5-4-6-8-13/h4-9,11H,2-3,10,12H2,1H3. The van der Waals surface area contributed by atoms with Crippen LogP contribution in [0, 0.1) is 0 Å². The summed E-state index contributed by atoms with van der Waals surface area (Å²) < 4.78 is 4.56. The molecule has 0 spiro atoms. The summed E-state index contributed by atoms with van der Waals surface area (Å²) >= 11 is 3.13. The van der Waals surface area contributed by atoms with Gasteiger partial charge < -0.3 is 0 Å². The molecule has 0 unspecified atom stereocenters. The number of nitrogens with zero attached hydrogens (tertiary/aromatic N) is 4. The Hall–Kier alpha value is -2.12. The third-order valence-electron chi connectivity index (χ3n) is 4.13. The molecule has 0 amide bonds. The Kier molecular flexibility index (Phi) is 4.59. The number of fused-ring (bicyclic) bond motifs is 3. The molecule has 7 heteroatoms. The zero-order valence-electron chi connectivity index (χ0n) is 13.9. The van der Waals surface area contributed by atoms with E-state index in [1.54, 1.807) is 16.3 Å². The first-order valence-electron chi connectivity index (χ1n) is 8.31. The van der Waals surface area contributed by atoms with Gasteiger partial charge in [0.05, 0.1) is 5.52 Å². The second kappa shape index (κ2) is 7.01. The molecule has 3 heterocycles. The zero-order chi connectivity index (χ0) is 17.2. The van der Waals surface area contributed by atoms with Gasteiger partial charge in [-0.25, -0.2) is 0 Å². The van der Waals surface area contributed by atoms with Gasteiger partial charge in [0.15, 0.2) is 5.16 Å². The van der Waals surface area contributed by atoms with Gasteiger partial charge >= 0.3 is 0 Å². The predicted octanol–water partition coefficient (Wildman–Crippen LogP) is 4.20. The molecule has 0 aliphatic carbocycles. The molecule has 0 aliphatic heterocycles. The van der Waals surface area contributed by atoms with Crippen molar-refractivity contribution >= 4 is 39.1 Å². The van der Waals surface area contributed by atoms with Crippen molar-refractivity contribution in [3.63, 3.8) is 0 Å². The molecule has 0 bridgehead atoms. The second-order valence-electron chi connectivity index (χ2n) is 5.84. The Bertz CT molecular complexity index is 1070. The maximum Gasteiger partial charge on any atom is 0.272 e. The largest absolute Gasteiger partial charge is 0.276 e. The quantitative estimate of drug-likeness (QED) is 0.477. The molecule has 0 atom stereocenters. The highest BCUT2D eigenvalue weighted by molar-refractivity contribution is 7.98. The first-order chi connectivity index (χ1) is 12.3. The fraction of sp³-hybridized carbons (Fsp3) is 0.278. The minimum atomic E-state index is 0.0398. The average Bonchev–Trinajstić information content (AvgIpc) is 3.27. The Labute approximate surface area is 153 Å². The minimum Gasteiger partial charge on any atom is -0.276 e. The van der Waals surface area contributed by atoms with E-state index >= 15 is 0 Å². The number of aromatic nitrogens is 4. The predicted molar refractivity (Wildman–Crippen MR) is 104 cm³/mol. The Morgan fingerprint density at radius 2 is 2.00 bits per heavy atom. The van der Waals surface area contributed by atoms with Gasteiger partial charge in [-0.3, -0.25) is 13.8 Å². The Balaban J connectivity index is 1.81. The topological polar surface area (TPSA) is 52.2 Å². The molecule has 128 valence electrons. The summed E-state index contributed by atoms with van der Waals surface area (Å²) in [5.41, 5.74) is 2.18. The molecule has 0 saturated carbocycles. The highest BCUT2D eigenvalue weighted by Crippen LogP contribution is 2.26. The molecule has 4 aromatic rings. The van der Waals surface area contributed by atoms with Crippen LogP contribution in [-0.4, -0.2) is 19.2 Å². The molecule has 25 heavy (non-hydrogen) atoms. The molecular formula is C18H18N4OS2. The van der Waals surface area contributed by atoms with Crippen LogP contribution < -0.4 is 5.56 Å². The van der Waals surface area contributed by atoms with Crippen molar-refractivity contribution in [3.05, 3.63) is 57.7 Å². The van der Waals surface area contributed by atoms with Crippen molar-refractivity contribution in [3.8, 4) is 0 Å². The highest BCUT2D eigenvalue weighted by Gasteiger charge is 2.17. The van der Waals surface area contributed by atoms with E-state index in [1.807, 2.05) is 34.0 Å². The smallest absolute Gasteiger partial charge is 0.272 e. The Morgan fingerprint density at radius 1 is 1.16 bits per heavy atom. The number of thioether (sulfide) groups is 1. The molecule has 0 radical (unpaired) electrons. The lowest BCUT2D eigenvalue weighted by atomic mass is 10.2. The van der Waals surface area contributed by atoms with E-state index in [2.05, 4.69) is 29.3 Å². The monoisotopic (exact) mass is 370 g/mol. The van der Waals surface area contributed by atoms with Gasteiger partial charge in [0.25, 0.3) is 5.56 Å². The third-order valence-corrected chi connectivity index (χ3v) is 6.02. The van der Waals surface area contributed by atoms with E-state index < -0.39 is 0 Å². The molecule has 0 N–H and O–H groups in total. The number of hydrogen-bond donors (Lipinski definition) is 0. The molecule has 4 rings (SSSR count). The summed E-state index contributed by atoms with van der Waals surface area (Å²) in [5, 5.41) is 11.5. The van der Waals surface area contributed by atoms with Crippen molar-refractivity contribution in [1.29, 1.82) is 0 Å². The fourth-order valence-corrected chi connectivity index (χ4v) is 4.55. The summed E-state index contributed by atoms with van der Waals surface area (Å²) in [6.07, 6.45) is 1.98. The Morgan fingerprint density at radius 3 is 2.80 bits per heavy atom. The van der Waals surface area contributed by atoms with E-state index in [9.17, 15) is 4.79 Å². The molecular weight excluding hydrogens is 352 g/mol. The molecule has 5 nitrogen and oxygen atoms in total. The lowest BCUT2D eigenvalue weighted by molar-refractivity contribution is 0.621. The van der Waals surface area contributed by atoms with Gasteiger partial charge in [0.2, 0.25) is 5.78 Å². The van der Waals surface area contributed by atoms with Gasteiger partial charge in [0, 0.05) is 12.3 Å². The van der Waals surface area contributed by atoms with Crippen LogP contribution in [0.5, 0.6) is 0 Å². The van der Waals surface area contributed by atoms with Gasteiger partial charge in [-0.2, -0.15) is 0 Å². The van der Waals surface area contributed by atoms with Crippen LogP contribution in [0.25, 0.3) is 16.0 Å². The van der Waals surface area contributed by atoms with Crippen molar-refractivity contribution in [1.82, 2.24) is 19.2 Å². The van der Waals surface area contributed by atoms with Crippen LogP contribution in [0.15, 0.2) is 51.7 Å². The number of benzene rings is 1. The van der Waals surface area contributed by atoms with Crippen LogP contribution in [0.4, 0.5) is 0 Å². The van der Waals surface area contributed by atoms with Crippen LogP contribution in [0.3, 0.4) is 0 Å². The lowest BCUT2D eigenvalue weighted by Crippen LogP contribution is -2.22. The normalized spacial score (nSPS) is 11.6. The molecule has 0 fully saturated rings. The van der Waals surface area contributed by atoms with Crippen LogP contribution in [0.2, 0.25) is 0 Å². The first-order valence-corrected chi connectivity index (χ1v) is 10.2. The first kappa shape index (κ1) is 16.4. The molecule has 1 aromatic carbocycles. The van der Waals surface area contributed by atoms with E-state index in [4.69, 9.17) is 0 Å². The van der Waals surface area contributed by atoms with Gasteiger partial charge in [0.1, 0.15) is 4.70 Å². The maximum atomic E-state index is 12.8. The number of aryl methyl sites for hydroxylation is 1. The summed E-state index contributed by atoms with van der Waals surface area (Å²) in [6.45, 7) is 2.80. The van der Waals surface area contributed by atoms with Crippen molar-refractivity contribution in [2.75, 3.05) is 0 Å². The van der Waals surface area contributed by atoms with Gasteiger partial charge in [-0.05, 0) is 23.4 Å². The molecule has 0 saturated heterocycles. The summed E-state index contributed by atoms with van der Waals surface area (Å²) in [5.74, 6) is 1.46.